The molecule has 1 fully saturated rings. The van der Waals surface area contributed by atoms with Gasteiger partial charge in [0.15, 0.2) is 0 Å². The van der Waals surface area contributed by atoms with Gasteiger partial charge in [-0.25, -0.2) is 4.79 Å². The molecule has 1 aromatic heterocycles. The average molecular weight is 396 g/mol. The molecule has 0 N–H and O–H groups in total. The lowest BCUT2D eigenvalue weighted by Gasteiger charge is -2.28. The maximum Gasteiger partial charge on any atom is 0.410 e. The van der Waals surface area contributed by atoms with E-state index in [4.69, 9.17) is 9.47 Å². The van der Waals surface area contributed by atoms with Gasteiger partial charge in [-0.15, -0.1) is 0 Å². The highest BCUT2D eigenvalue weighted by Gasteiger charge is 2.47. The fourth-order valence-electron chi connectivity index (χ4n) is 3.74. The molecule has 1 aliphatic heterocycles. The minimum atomic E-state index is -0.779. The van der Waals surface area contributed by atoms with Crippen LogP contribution in [0.15, 0.2) is 48.8 Å². The Labute approximate surface area is 171 Å². The number of nitrogens with zero attached hydrogens (tertiary/aromatic N) is 2. The van der Waals surface area contributed by atoms with Gasteiger partial charge in [-0.05, 0) is 56.4 Å². The fraction of sp³-hybridized carbons (Fsp3) is 0.435. The number of pyridine rings is 1. The lowest BCUT2D eigenvalue weighted by Crippen LogP contribution is -2.41. The SMILES string of the molecule is COC(=O)[C@]1(Cc2cccc(-c3cccnc3)c2)CCN(C(=O)OC(C)(C)C)C1. The van der Waals surface area contributed by atoms with Crippen LogP contribution in [0, 0.1) is 5.41 Å². The third-order valence-electron chi connectivity index (χ3n) is 5.09. The number of ether oxygens (including phenoxy) is 2. The van der Waals surface area contributed by atoms with Gasteiger partial charge in [0.05, 0.1) is 12.5 Å². The predicted molar refractivity (Wildman–Crippen MR) is 110 cm³/mol. The molecule has 3 rings (SSSR count). The van der Waals surface area contributed by atoms with E-state index in [-0.39, 0.29) is 12.5 Å². The molecule has 0 aliphatic carbocycles. The molecule has 2 aromatic rings. The topological polar surface area (TPSA) is 68.7 Å². The summed E-state index contributed by atoms with van der Waals surface area (Å²) in [6, 6.07) is 12.0. The number of rotatable bonds is 4. The summed E-state index contributed by atoms with van der Waals surface area (Å²) < 4.78 is 10.6. The van der Waals surface area contributed by atoms with Crippen LogP contribution >= 0.6 is 0 Å². The summed E-state index contributed by atoms with van der Waals surface area (Å²) in [7, 11) is 1.40. The van der Waals surface area contributed by atoms with E-state index in [0.717, 1.165) is 16.7 Å². The molecule has 0 spiro atoms. The van der Waals surface area contributed by atoms with Crippen LogP contribution in [0.4, 0.5) is 4.79 Å². The average Bonchev–Trinajstić information content (AvgIpc) is 3.12. The van der Waals surface area contributed by atoms with Gasteiger partial charge in [0, 0.05) is 25.5 Å². The van der Waals surface area contributed by atoms with Crippen LogP contribution < -0.4 is 0 Å². The van der Waals surface area contributed by atoms with Crippen LogP contribution in [0.5, 0.6) is 0 Å². The quantitative estimate of drug-likeness (QED) is 0.728. The van der Waals surface area contributed by atoms with E-state index in [9.17, 15) is 9.59 Å². The lowest BCUT2D eigenvalue weighted by atomic mass is 9.80. The first-order valence-corrected chi connectivity index (χ1v) is 9.78. The van der Waals surface area contributed by atoms with Crippen LogP contribution in [0.3, 0.4) is 0 Å². The first-order chi connectivity index (χ1) is 13.7. The Kier molecular flexibility index (Phi) is 5.91. The molecule has 29 heavy (non-hydrogen) atoms. The highest BCUT2D eigenvalue weighted by Crippen LogP contribution is 2.37. The molecule has 0 radical (unpaired) electrons. The van der Waals surface area contributed by atoms with Crippen LogP contribution in [0.1, 0.15) is 32.8 Å². The number of esters is 1. The van der Waals surface area contributed by atoms with Crippen LogP contribution in [0.2, 0.25) is 0 Å². The third kappa shape index (κ3) is 4.94. The molecular weight excluding hydrogens is 368 g/mol. The Bertz CT molecular complexity index is 876. The monoisotopic (exact) mass is 396 g/mol. The van der Waals surface area contributed by atoms with E-state index in [1.807, 2.05) is 57.3 Å². The molecular formula is C23H28N2O4. The van der Waals surface area contributed by atoms with Crippen molar-refractivity contribution in [3.63, 3.8) is 0 Å². The van der Waals surface area contributed by atoms with Crippen molar-refractivity contribution in [3.8, 4) is 11.1 Å². The molecule has 154 valence electrons. The number of amides is 1. The second-order valence-electron chi connectivity index (χ2n) is 8.54. The van der Waals surface area contributed by atoms with E-state index < -0.39 is 17.1 Å². The zero-order chi connectivity index (χ0) is 21.1. The molecule has 0 bridgehead atoms. The summed E-state index contributed by atoms with van der Waals surface area (Å²) in [6.07, 6.45) is 4.19. The van der Waals surface area contributed by atoms with Gasteiger partial charge in [0.25, 0.3) is 0 Å². The maximum atomic E-state index is 12.7. The highest BCUT2D eigenvalue weighted by atomic mass is 16.6. The van der Waals surface area contributed by atoms with Crippen molar-refractivity contribution in [2.24, 2.45) is 5.41 Å². The Balaban J connectivity index is 1.82. The van der Waals surface area contributed by atoms with Gasteiger partial charge in [-0.3, -0.25) is 9.78 Å². The second kappa shape index (κ2) is 8.23. The first-order valence-electron chi connectivity index (χ1n) is 9.78. The molecule has 6 heteroatoms. The van der Waals surface area contributed by atoms with Crippen molar-refractivity contribution in [2.45, 2.75) is 39.2 Å². The molecule has 1 aromatic carbocycles. The normalized spacial score (nSPS) is 19.1. The lowest BCUT2D eigenvalue weighted by molar-refractivity contribution is -0.152. The Morgan fingerprint density at radius 3 is 2.59 bits per heavy atom. The standard InChI is InChI=1S/C23H28N2O4/c1-22(2,3)29-21(27)25-12-10-23(16-25,20(26)28-4)14-17-7-5-8-18(13-17)19-9-6-11-24-15-19/h5-9,11,13,15H,10,12,14,16H2,1-4H3/t23-/m0/s1. The van der Waals surface area contributed by atoms with Crippen molar-refractivity contribution in [3.05, 3.63) is 54.4 Å². The Morgan fingerprint density at radius 1 is 1.17 bits per heavy atom. The van der Waals surface area contributed by atoms with Crippen LogP contribution in [0.25, 0.3) is 11.1 Å². The smallest absolute Gasteiger partial charge is 0.410 e. The van der Waals surface area contributed by atoms with Crippen LogP contribution in [-0.2, 0) is 20.7 Å². The van der Waals surface area contributed by atoms with Crippen LogP contribution in [-0.4, -0.2) is 47.7 Å². The number of carbonyl (C=O) groups is 2. The summed E-state index contributed by atoms with van der Waals surface area (Å²) in [4.78, 5) is 31.0. The van der Waals surface area contributed by atoms with Crippen molar-refractivity contribution in [2.75, 3.05) is 20.2 Å². The summed E-state index contributed by atoms with van der Waals surface area (Å²) in [6.45, 7) is 6.24. The van der Waals surface area contributed by atoms with Gasteiger partial charge >= 0.3 is 12.1 Å². The Morgan fingerprint density at radius 2 is 1.93 bits per heavy atom. The summed E-state index contributed by atoms with van der Waals surface area (Å²) in [5.74, 6) is -0.296. The number of likely N-dealkylation sites (tertiary alicyclic amines) is 1. The number of carbonyl (C=O) groups excluding carboxylic acids is 2. The number of benzene rings is 1. The summed E-state index contributed by atoms with van der Waals surface area (Å²) >= 11 is 0. The van der Waals surface area contributed by atoms with Gasteiger partial charge in [0.1, 0.15) is 5.60 Å². The zero-order valence-corrected chi connectivity index (χ0v) is 17.5. The molecule has 0 saturated carbocycles. The van der Waals surface area contributed by atoms with Gasteiger partial charge in [0.2, 0.25) is 0 Å². The molecule has 1 amide bonds. The van der Waals surface area contributed by atoms with E-state index in [1.54, 1.807) is 11.1 Å². The molecule has 1 aliphatic rings. The predicted octanol–water partition coefficient (Wildman–Crippen LogP) is 4.09. The third-order valence-corrected chi connectivity index (χ3v) is 5.09. The Hall–Kier alpha value is -2.89. The number of hydrogen-bond donors (Lipinski definition) is 0. The van der Waals surface area contributed by atoms with Gasteiger partial charge in [-0.1, -0.05) is 30.3 Å². The largest absolute Gasteiger partial charge is 0.469 e. The second-order valence-corrected chi connectivity index (χ2v) is 8.54. The summed E-state index contributed by atoms with van der Waals surface area (Å²) in [5.41, 5.74) is 1.72. The molecule has 1 saturated heterocycles. The van der Waals surface area contributed by atoms with Crippen molar-refractivity contribution in [1.29, 1.82) is 0 Å². The van der Waals surface area contributed by atoms with E-state index >= 15 is 0 Å². The fourth-order valence-corrected chi connectivity index (χ4v) is 3.74. The molecule has 2 heterocycles. The first kappa shape index (κ1) is 20.8. The van der Waals surface area contributed by atoms with E-state index in [1.165, 1.54) is 7.11 Å². The minimum absolute atomic E-state index is 0.283. The molecule has 6 nitrogen and oxygen atoms in total. The molecule has 1 atom stereocenters. The van der Waals surface area contributed by atoms with Crippen molar-refractivity contribution >= 4 is 12.1 Å². The van der Waals surface area contributed by atoms with E-state index in [0.29, 0.717) is 19.4 Å². The number of hydrogen-bond acceptors (Lipinski definition) is 5. The van der Waals surface area contributed by atoms with Gasteiger partial charge in [-0.2, -0.15) is 0 Å². The molecule has 0 unspecified atom stereocenters. The van der Waals surface area contributed by atoms with Crippen molar-refractivity contribution in [1.82, 2.24) is 9.88 Å². The minimum Gasteiger partial charge on any atom is -0.469 e. The maximum absolute atomic E-state index is 12.7. The van der Waals surface area contributed by atoms with E-state index in [2.05, 4.69) is 11.1 Å². The zero-order valence-electron chi connectivity index (χ0n) is 17.5. The van der Waals surface area contributed by atoms with Crippen molar-refractivity contribution < 1.29 is 19.1 Å². The van der Waals surface area contributed by atoms with Gasteiger partial charge < -0.3 is 14.4 Å². The summed E-state index contributed by atoms with van der Waals surface area (Å²) in [5, 5.41) is 0. The highest BCUT2D eigenvalue weighted by molar-refractivity contribution is 5.80. The number of aromatic nitrogens is 1. The number of methoxy groups -OCH3 is 1.